The van der Waals surface area contributed by atoms with E-state index in [1.54, 1.807) is 12.1 Å². The molecule has 4 nitrogen and oxygen atoms in total. The number of hydrogen-bond donors (Lipinski definition) is 1. The van der Waals surface area contributed by atoms with Gasteiger partial charge in [0.25, 0.3) is 0 Å². The van der Waals surface area contributed by atoms with Gasteiger partial charge in [-0.1, -0.05) is 12.1 Å². The van der Waals surface area contributed by atoms with E-state index in [9.17, 15) is 13.5 Å². The topological polar surface area (TPSA) is 66.7 Å². The molecule has 2 rings (SSSR count). The van der Waals surface area contributed by atoms with Crippen LogP contribution in [0.15, 0.2) is 35.5 Å². The minimum absolute atomic E-state index is 0.00315. The Morgan fingerprint density at radius 3 is 2.60 bits per heavy atom. The van der Waals surface area contributed by atoms with Gasteiger partial charge in [-0.2, -0.15) is 0 Å². The number of sulfone groups is 1. The van der Waals surface area contributed by atoms with Crippen LogP contribution < -0.4 is 0 Å². The van der Waals surface area contributed by atoms with Crippen molar-refractivity contribution < 1.29 is 13.5 Å². The molecule has 1 aromatic rings. The highest BCUT2D eigenvalue weighted by molar-refractivity contribution is 8.17. The molecule has 1 heterocycles. The standard InChI is InChI=1S/C9H6ClNO3S/c10-9-11-5-8(15(9,13)14)6-2-1-3-7(12)4-6/h1-5,12H. The van der Waals surface area contributed by atoms with Crippen LogP contribution in [0.1, 0.15) is 5.56 Å². The Kier molecular flexibility index (Phi) is 2.28. The van der Waals surface area contributed by atoms with Crippen LogP contribution in [0, 0.1) is 0 Å². The second kappa shape index (κ2) is 3.36. The van der Waals surface area contributed by atoms with Gasteiger partial charge in [-0.05, 0) is 29.3 Å². The summed E-state index contributed by atoms with van der Waals surface area (Å²) in [5, 5.41) is 9.22. The van der Waals surface area contributed by atoms with Crippen molar-refractivity contribution in [3.63, 3.8) is 0 Å². The molecule has 15 heavy (non-hydrogen) atoms. The first-order valence-corrected chi connectivity index (χ1v) is 5.86. The van der Waals surface area contributed by atoms with Gasteiger partial charge in [0, 0.05) is 6.20 Å². The summed E-state index contributed by atoms with van der Waals surface area (Å²) in [5.74, 6) is -0.00776. The van der Waals surface area contributed by atoms with Gasteiger partial charge in [-0.25, -0.2) is 13.4 Å². The number of halogens is 1. The zero-order valence-corrected chi connectivity index (χ0v) is 8.96. The van der Waals surface area contributed by atoms with Crippen LogP contribution in [0.4, 0.5) is 0 Å². The van der Waals surface area contributed by atoms with Crippen LogP contribution in [0.5, 0.6) is 5.75 Å². The molecule has 6 heteroatoms. The molecule has 1 aromatic carbocycles. The number of aromatic hydroxyl groups is 1. The third-order valence-corrected chi connectivity index (χ3v) is 4.10. The van der Waals surface area contributed by atoms with Gasteiger partial charge in [0.2, 0.25) is 14.3 Å². The molecule has 0 radical (unpaired) electrons. The van der Waals surface area contributed by atoms with Crippen LogP contribution >= 0.6 is 11.6 Å². The summed E-state index contributed by atoms with van der Waals surface area (Å²) in [5.41, 5.74) is 0.370. The van der Waals surface area contributed by atoms with E-state index >= 15 is 0 Å². The maximum atomic E-state index is 11.6. The van der Waals surface area contributed by atoms with Crippen molar-refractivity contribution in [1.29, 1.82) is 0 Å². The Hall–Kier alpha value is -1.33. The lowest BCUT2D eigenvalue weighted by atomic mass is 10.2. The van der Waals surface area contributed by atoms with Crippen LogP contribution in [-0.2, 0) is 9.84 Å². The molecular weight excluding hydrogens is 238 g/mol. The SMILES string of the molecule is O=S1(=O)C(c2cccc(O)c2)=CN=C1Cl. The van der Waals surface area contributed by atoms with Crippen LogP contribution in [0.25, 0.3) is 4.91 Å². The van der Waals surface area contributed by atoms with E-state index in [1.165, 1.54) is 18.3 Å². The first-order valence-electron chi connectivity index (χ1n) is 4.00. The first-order chi connectivity index (χ1) is 7.01. The van der Waals surface area contributed by atoms with Crippen molar-refractivity contribution in [2.45, 2.75) is 0 Å². The normalized spacial score (nSPS) is 18.5. The zero-order chi connectivity index (χ0) is 11.1. The molecule has 0 aromatic heterocycles. The fourth-order valence-electron chi connectivity index (χ4n) is 1.23. The minimum atomic E-state index is -3.67. The fraction of sp³-hybridized carbons (Fsp3) is 0. The fourth-order valence-corrected chi connectivity index (χ4v) is 2.53. The molecule has 0 atom stereocenters. The van der Waals surface area contributed by atoms with Crippen molar-refractivity contribution >= 4 is 30.8 Å². The Morgan fingerprint density at radius 1 is 1.33 bits per heavy atom. The van der Waals surface area contributed by atoms with E-state index < -0.39 is 14.3 Å². The smallest absolute Gasteiger partial charge is 0.237 e. The first kappa shape index (κ1) is 10.2. The molecule has 0 aliphatic carbocycles. The molecule has 0 saturated heterocycles. The van der Waals surface area contributed by atoms with E-state index in [2.05, 4.69) is 4.99 Å². The molecule has 0 unspecified atom stereocenters. The van der Waals surface area contributed by atoms with Gasteiger partial charge in [-0.15, -0.1) is 0 Å². The number of phenols is 1. The summed E-state index contributed by atoms with van der Waals surface area (Å²) >= 11 is 5.44. The lowest BCUT2D eigenvalue weighted by Gasteiger charge is -2.02. The molecule has 0 spiro atoms. The number of benzene rings is 1. The van der Waals surface area contributed by atoms with Crippen LogP contribution in [0.3, 0.4) is 0 Å². The van der Waals surface area contributed by atoms with E-state index in [4.69, 9.17) is 11.6 Å². The maximum absolute atomic E-state index is 11.6. The summed E-state index contributed by atoms with van der Waals surface area (Å²) in [6.07, 6.45) is 1.17. The quantitative estimate of drug-likeness (QED) is 0.817. The van der Waals surface area contributed by atoms with Gasteiger partial charge in [0.1, 0.15) is 5.75 Å². The van der Waals surface area contributed by atoms with E-state index in [1.807, 2.05) is 0 Å². The number of aliphatic imine (C=N–C) groups is 1. The predicted octanol–water partition coefficient (Wildman–Crippen LogP) is 1.71. The van der Waals surface area contributed by atoms with Crippen molar-refractivity contribution in [3.05, 3.63) is 36.0 Å². The number of nitrogens with zero attached hydrogens (tertiary/aromatic N) is 1. The highest BCUT2D eigenvalue weighted by Gasteiger charge is 2.29. The molecule has 0 amide bonds. The molecule has 0 fully saturated rings. The molecular formula is C9H6ClNO3S. The number of phenolic OH excluding ortho intramolecular Hbond substituents is 1. The van der Waals surface area contributed by atoms with Gasteiger partial charge in [-0.3, -0.25) is 0 Å². The van der Waals surface area contributed by atoms with Crippen molar-refractivity contribution in [2.75, 3.05) is 0 Å². The third kappa shape index (κ3) is 1.64. The number of rotatable bonds is 1. The highest BCUT2D eigenvalue weighted by Crippen LogP contribution is 2.30. The van der Waals surface area contributed by atoms with Crippen molar-refractivity contribution in [3.8, 4) is 5.75 Å². The van der Waals surface area contributed by atoms with Crippen molar-refractivity contribution in [2.24, 2.45) is 4.99 Å². The van der Waals surface area contributed by atoms with Gasteiger partial charge in [0.05, 0.1) is 4.91 Å². The largest absolute Gasteiger partial charge is 0.508 e. The number of hydrogen-bond acceptors (Lipinski definition) is 4. The Bertz CT molecular complexity index is 575. The maximum Gasteiger partial charge on any atom is 0.237 e. The van der Waals surface area contributed by atoms with Crippen LogP contribution in [0.2, 0.25) is 0 Å². The molecule has 1 N–H and O–H groups in total. The monoisotopic (exact) mass is 243 g/mol. The summed E-state index contributed by atoms with van der Waals surface area (Å²) < 4.78 is 22.7. The summed E-state index contributed by atoms with van der Waals surface area (Å²) in [6.45, 7) is 0. The second-order valence-electron chi connectivity index (χ2n) is 2.93. The van der Waals surface area contributed by atoms with Gasteiger partial charge < -0.3 is 5.11 Å². The molecule has 1 aliphatic heterocycles. The summed E-state index contributed by atoms with van der Waals surface area (Å²) in [7, 11) is -3.67. The van der Waals surface area contributed by atoms with E-state index in [-0.39, 0.29) is 10.7 Å². The van der Waals surface area contributed by atoms with Crippen molar-refractivity contribution in [1.82, 2.24) is 0 Å². The molecule has 78 valence electrons. The lowest BCUT2D eigenvalue weighted by Crippen LogP contribution is -2.06. The minimum Gasteiger partial charge on any atom is -0.508 e. The molecule has 0 bridgehead atoms. The van der Waals surface area contributed by atoms with E-state index in [0.29, 0.717) is 5.56 Å². The highest BCUT2D eigenvalue weighted by atomic mass is 35.5. The molecule has 0 saturated carbocycles. The third-order valence-electron chi connectivity index (χ3n) is 1.93. The second-order valence-corrected chi connectivity index (χ2v) is 5.34. The van der Waals surface area contributed by atoms with E-state index in [0.717, 1.165) is 0 Å². The summed E-state index contributed by atoms with van der Waals surface area (Å²) in [6, 6.07) is 5.91. The summed E-state index contributed by atoms with van der Waals surface area (Å²) in [4.78, 5) is 3.53. The molecule has 1 aliphatic rings. The lowest BCUT2D eigenvalue weighted by molar-refractivity contribution is 0.475. The van der Waals surface area contributed by atoms with Gasteiger partial charge >= 0.3 is 0 Å². The Labute approximate surface area is 91.4 Å². The zero-order valence-electron chi connectivity index (χ0n) is 7.38. The predicted molar refractivity (Wildman–Crippen MR) is 58.3 cm³/mol. The van der Waals surface area contributed by atoms with Crippen LogP contribution in [-0.4, -0.2) is 18.0 Å². The Morgan fingerprint density at radius 2 is 2.07 bits per heavy atom. The Balaban J connectivity index is 2.54. The average molecular weight is 244 g/mol. The van der Waals surface area contributed by atoms with Gasteiger partial charge in [0.15, 0.2) is 0 Å². The average Bonchev–Trinajstić information content (AvgIpc) is 2.42.